The number of nitrogens with zero attached hydrogens (tertiary/aromatic N) is 3. The minimum atomic E-state index is -0.985. The van der Waals surface area contributed by atoms with E-state index in [2.05, 4.69) is 9.88 Å². The van der Waals surface area contributed by atoms with Gasteiger partial charge < -0.3 is 9.64 Å². The van der Waals surface area contributed by atoms with Crippen LogP contribution in [0.4, 0.5) is 8.78 Å². The molecule has 2 heterocycles. The lowest BCUT2D eigenvalue weighted by molar-refractivity contribution is 0.0749. The number of halogens is 2. The Kier molecular flexibility index (Phi) is 5.52. The predicted molar refractivity (Wildman–Crippen MR) is 100 cm³/mol. The van der Waals surface area contributed by atoms with Gasteiger partial charge in [0.15, 0.2) is 11.6 Å². The molecule has 28 heavy (non-hydrogen) atoms. The molecule has 7 heteroatoms. The number of hydrogen-bond acceptors (Lipinski definition) is 4. The van der Waals surface area contributed by atoms with Crippen molar-refractivity contribution in [2.45, 2.75) is 31.7 Å². The van der Waals surface area contributed by atoms with E-state index < -0.39 is 11.6 Å². The Bertz CT molecular complexity index is 840. The molecule has 1 aromatic carbocycles. The van der Waals surface area contributed by atoms with Gasteiger partial charge in [0, 0.05) is 50.6 Å². The van der Waals surface area contributed by atoms with Crippen LogP contribution in [-0.2, 0) is 0 Å². The Morgan fingerprint density at radius 1 is 1.00 bits per heavy atom. The topological polar surface area (TPSA) is 45.7 Å². The van der Waals surface area contributed by atoms with Gasteiger partial charge in [-0.1, -0.05) is 6.42 Å². The summed E-state index contributed by atoms with van der Waals surface area (Å²) >= 11 is 0. The highest BCUT2D eigenvalue weighted by Crippen LogP contribution is 2.26. The molecule has 0 unspecified atom stereocenters. The van der Waals surface area contributed by atoms with Crippen molar-refractivity contribution in [2.24, 2.45) is 0 Å². The molecule has 0 bridgehead atoms. The third-order valence-corrected chi connectivity index (χ3v) is 5.51. The van der Waals surface area contributed by atoms with Crippen molar-refractivity contribution >= 4 is 5.91 Å². The Labute approximate surface area is 162 Å². The molecule has 0 spiro atoms. The number of aromatic nitrogens is 1. The Balaban J connectivity index is 1.37. The molecule has 1 saturated heterocycles. The number of ether oxygens (including phenoxy) is 1. The second-order valence-corrected chi connectivity index (χ2v) is 7.33. The molecule has 0 atom stereocenters. The van der Waals surface area contributed by atoms with Crippen molar-refractivity contribution < 1.29 is 18.3 Å². The Morgan fingerprint density at radius 2 is 1.86 bits per heavy atom. The third-order valence-electron chi connectivity index (χ3n) is 5.51. The summed E-state index contributed by atoms with van der Waals surface area (Å²) in [6.07, 6.45) is 6.31. The van der Waals surface area contributed by atoms with E-state index in [9.17, 15) is 13.6 Å². The quantitative estimate of drug-likeness (QED) is 0.799. The Morgan fingerprint density at radius 3 is 2.54 bits per heavy atom. The minimum absolute atomic E-state index is 0.0395. The zero-order valence-electron chi connectivity index (χ0n) is 15.6. The van der Waals surface area contributed by atoms with Crippen LogP contribution in [0.1, 0.15) is 36.0 Å². The molecule has 2 aromatic rings. The normalized spacial score (nSPS) is 18.4. The maximum Gasteiger partial charge on any atom is 0.255 e. The van der Waals surface area contributed by atoms with Gasteiger partial charge in [0.25, 0.3) is 5.91 Å². The number of rotatable bonds is 4. The monoisotopic (exact) mass is 387 g/mol. The number of carbonyl (C=O) groups excluding carboxylic acids is 1. The molecule has 0 N–H and O–H groups in total. The second-order valence-electron chi connectivity index (χ2n) is 7.33. The van der Waals surface area contributed by atoms with Crippen molar-refractivity contribution in [1.82, 2.24) is 14.8 Å². The highest BCUT2D eigenvalue weighted by atomic mass is 19.2. The number of amides is 1. The minimum Gasteiger partial charge on any atom is -0.439 e. The highest BCUT2D eigenvalue weighted by molar-refractivity contribution is 5.94. The summed E-state index contributed by atoms with van der Waals surface area (Å²) in [5.74, 6) is -1.60. The van der Waals surface area contributed by atoms with Gasteiger partial charge in [0.05, 0.1) is 5.56 Å². The van der Waals surface area contributed by atoms with E-state index in [0.29, 0.717) is 11.6 Å². The summed E-state index contributed by atoms with van der Waals surface area (Å²) in [5, 5.41) is 0. The molecule has 1 saturated carbocycles. The largest absolute Gasteiger partial charge is 0.439 e. The maximum atomic E-state index is 13.3. The first-order valence-corrected chi connectivity index (χ1v) is 9.72. The van der Waals surface area contributed by atoms with Crippen LogP contribution in [0.15, 0.2) is 36.5 Å². The molecule has 5 nitrogen and oxygen atoms in total. The molecule has 1 aliphatic heterocycles. The fourth-order valence-corrected chi connectivity index (χ4v) is 3.67. The Hall–Kier alpha value is -2.54. The van der Waals surface area contributed by atoms with Crippen LogP contribution in [0, 0.1) is 11.6 Å². The first kappa shape index (κ1) is 18.8. The predicted octanol–water partition coefficient (Wildman–Crippen LogP) is 3.85. The summed E-state index contributed by atoms with van der Waals surface area (Å²) in [5.41, 5.74) is 0.495. The van der Waals surface area contributed by atoms with Crippen LogP contribution in [0.3, 0.4) is 0 Å². The summed E-state index contributed by atoms with van der Waals surface area (Å²) in [4.78, 5) is 21.3. The number of hydrogen-bond donors (Lipinski definition) is 0. The van der Waals surface area contributed by atoms with Crippen LogP contribution in [0.2, 0.25) is 0 Å². The van der Waals surface area contributed by atoms with Gasteiger partial charge in [-0.2, -0.15) is 0 Å². The van der Waals surface area contributed by atoms with E-state index in [4.69, 9.17) is 4.74 Å². The smallest absolute Gasteiger partial charge is 0.255 e. The highest BCUT2D eigenvalue weighted by Gasteiger charge is 2.28. The van der Waals surface area contributed by atoms with Gasteiger partial charge in [-0.25, -0.2) is 13.8 Å². The number of pyridine rings is 1. The average molecular weight is 387 g/mol. The SMILES string of the molecule is O=C(c1ccc(Oc2ccc(F)c(F)c2)nc1)N1CCCN(C2CCC2)CC1. The van der Waals surface area contributed by atoms with E-state index in [0.717, 1.165) is 44.7 Å². The van der Waals surface area contributed by atoms with Crippen LogP contribution in [-0.4, -0.2) is 52.9 Å². The first-order chi connectivity index (χ1) is 13.6. The lowest BCUT2D eigenvalue weighted by atomic mass is 9.91. The van der Waals surface area contributed by atoms with Gasteiger partial charge in [-0.3, -0.25) is 9.69 Å². The van der Waals surface area contributed by atoms with Crippen LogP contribution < -0.4 is 4.74 Å². The van der Waals surface area contributed by atoms with Gasteiger partial charge in [0.2, 0.25) is 5.88 Å². The van der Waals surface area contributed by atoms with Gasteiger partial charge in [0.1, 0.15) is 5.75 Å². The zero-order chi connectivity index (χ0) is 19.5. The molecule has 1 aromatic heterocycles. The average Bonchev–Trinajstić information content (AvgIpc) is 2.90. The molecule has 1 amide bonds. The van der Waals surface area contributed by atoms with Crippen LogP contribution in [0.5, 0.6) is 11.6 Å². The fraction of sp³-hybridized carbons (Fsp3) is 0.429. The van der Waals surface area contributed by atoms with Gasteiger partial charge in [-0.05, 0) is 37.5 Å². The second kappa shape index (κ2) is 8.22. The van der Waals surface area contributed by atoms with E-state index in [-0.39, 0.29) is 17.5 Å². The van der Waals surface area contributed by atoms with Gasteiger partial charge in [-0.15, -0.1) is 0 Å². The lowest BCUT2D eigenvalue weighted by Gasteiger charge is -2.36. The standard InChI is InChI=1S/C21H23F2N3O2/c22-18-7-6-17(13-19(18)23)28-20-8-5-15(14-24-20)21(27)26-10-2-9-25(11-12-26)16-3-1-4-16/h5-8,13-14,16H,1-4,9-12H2. The van der Waals surface area contributed by atoms with Crippen LogP contribution in [0.25, 0.3) is 0 Å². The summed E-state index contributed by atoms with van der Waals surface area (Å²) in [6.45, 7) is 3.44. The van der Waals surface area contributed by atoms with Crippen molar-refractivity contribution in [3.8, 4) is 11.6 Å². The number of benzene rings is 1. The zero-order valence-corrected chi connectivity index (χ0v) is 15.6. The van der Waals surface area contributed by atoms with Crippen molar-refractivity contribution in [3.63, 3.8) is 0 Å². The summed E-state index contributed by atoms with van der Waals surface area (Å²) in [7, 11) is 0. The van der Waals surface area contributed by atoms with Crippen molar-refractivity contribution in [2.75, 3.05) is 26.2 Å². The summed E-state index contributed by atoms with van der Waals surface area (Å²) in [6, 6.07) is 7.19. The van der Waals surface area contributed by atoms with Crippen molar-refractivity contribution in [1.29, 1.82) is 0 Å². The van der Waals surface area contributed by atoms with Crippen LogP contribution >= 0.6 is 0 Å². The van der Waals surface area contributed by atoms with E-state index in [1.165, 1.54) is 31.5 Å². The van der Waals surface area contributed by atoms with Gasteiger partial charge >= 0.3 is 0 Å². The third kappa shape index (κ3) is 4.14. The molecule has 2 aliphatic rings. The number of carbonyl (C=O) groups is 1. The molecular weight excluding hydrogens is 364 g/mol. The molecule has 2 fully saturated rings. The molecule has 4 rings (SSSR count). The van der Waals surface area contributed by atoms with E-state index >= 15 is 0 Å². The molecular formula is C21H23F2N3O2. The van der Waals surface area contributed by atoms with Crippen molar-refractivity contribution in [3.05, 3.63) is 53.7 Å². The summed E-state index contributed by atoms with van der Waals surface area (Å²) < 4.78 is 31.7. The first-order valence-electron chi connectivity index (χ1n) is 9.72. The van der Waals surface area contributed by atoms with E-state index in [1.807, 2.05) is 4.90 Å². The fourth-order valence-electron chi connectivity index (χ4n) is 3.67. The molecule has 1 aliphatic carbocycles. The lowest BCUT2D eigenvalue weighted by Crippen LogP contribution is -2.42. The molecule has 0 radical (unpaired) electrons. The molecule has 148 valence electrons. The maximum absolute atomic E-state index is 13.3. The van der Waals surface area contributed by atoms with E-state index in [1.54, 1.807) is 12.1 Å².